The molecule has 7 heteroatoms. The molecule has 1 aromatic heterocycles. The van der Waals surface area contributed by atoms with Crippen molar-refractivity contribution < 1.29 is 9.21 Å². The van der Waals surface area contributed by atoms with Gasteiger partial charge in [0.2, 0.25) is 11.8 Å². The molecule has 1 amide bonds. The number of hydrogen-bond donors (Lipinski definition) is 2. The summed E-state index contributed by atoms with van der Waals surface area (Å²) in [7, 11) is 1.75. The highest BCUT2D eigenvalue weighted by molar-refractivity contribution is 5.79. The van der Waals surface area contributed by atoms with Gasteiger partial charge in [0.25, 0.3) is 0 Å². The smallest absolute Gasteiger partial charge is 0.315 e. The molecule has 0 aliphatic heterocycles. The highest BCUT2D eigenvalue weighted by Crippen LogP contribution is 2.19. The van der Waals surface area contributed by atoms with Crippen LogP contribution < -0.4 is 10.6 Å². The molecule has 100 valence electrons. The summed E-state index contributed by atoms with van der Waals surface area (Å²) in [5.41, 5.74) is 0. The molecule has 1 aliphatic carbocycles. The van der Waals surface area contributed by atoms with Crippen molar-refractivity contribution in [1.82, 2.24) is 20.4 Å². The normalized spacial score (nSPS) is 14.6. The van der Waals surface area contributed by atoms with Crippen LogP contribution in [0.1, 0.15) is 25.7 Å². The minimum absolute atomic E-state index is 0.00615. The second-order valence-corrected chi connectivity index (χ2v) is 4.42. The van der Waals surface area contributed by atoms with Gasteiger partial charge in [-0.1, -0.05) is 5.10 Å². The van der Waals surface area contributed by atoms with Gasteiger partial charge < -0.3 is 20.0 Å². The summed E-state index contributed by atoms with van der Waals surface area (Å²) in [6.45, 7) is 3.36. The van der Waals surface area contributed by atoms with Gasteiger partial charge in [-0.05, 0) is 19.8 Å². The van der Waals surface area contributed by atoms with Crippen molar-refractivity contribution in [1.29, 1.82) is 0 Å². The maximum atomic E-state index is 11.5. The largest absolute Gasteiger partial charge is 0.407 e. The highest BCUT2D eigenvalue weighted by atomic mass is 16.4. The lowest BCUT2D eigenvalue weighted by molar-refractivity contribution is -0.127. The lowest BCUT2D eigenvalue weighted by Crippen LogP contribution is -2.31. The minimum Gasteiger partial charge on any atom is -0.407 e. The van der Waals surface area contributed by atoms with Gasteiger partial charge >= 0.3 is 6.01 Å². The molecule has 2 rings (SSSR count). The molecule has 0 radical (unpaired) electrons. The van der Waals surface area contributed by atoms with Crippen LogP contribution in [0.15, 0.2) is 4.42 Å². The van der Waals surface area contributed by atoms with Gasteiger partial charge in [-0.25, -0.2) is 0 Å². The molecular weight excluding hydrogens is 234 g/mol. The third-order valence-corrected chi connectivity index (χ3v) is 2.88. The van der Waals surface area contributed by atoms with Crippen molar-refractivity contribution in [2.75, 3.05) is 25.5 Å². The number of nitrogens with one attached hydrogen (secondary N) is 2. The summed E-state index contributed by atoms with van der Waals surface area (Å²) >= 11 is 0. The molecule has 0 aromatic carbocycles. The zero-order valence-corrected chi connectivity index (χ0v) is 10.8. The molecule has 1 heterocycles. The average molecular weight is 253 g/mol. The molecule has 0 spiro atoms. The Hall–Kier alpha value is -1.63. The number of hydrogen-bond acceptors (Lipinski definition) is 6. The first-order valence-electron chi connectivity index (χ1n) is 6.22. The lowest BCUT2D eigenvalue weighted by Gasteiger charge is -2.13. The van der Waals surface area contributed by atoms with E-state index in [2.05, 4.69) is 20.8 Å². The Bertz CT molecular complexity index is 402. The van der Waals surface area contributed by atoms with E-state index in [0.717, 1.165) is 0 Å². The summed E-state index contributed by atoms with van der Waals surface area (Å²) in [6, 6.07) is 0.897. The van der Waals surface area contributed by atoms with E-state index in [9.17, 15) is 4.79 Å². The van der Waals surface area contributed by atoms with Crippen LogP contribution in [-0.2, 0) is 11.3 Å². The molecule has 1 aliphatic rings. The molecule has 2 N–H and O–H groups in total. The molecular formula is C11H19N5O2. The third kappa shape index (κ3) is 3.69. The summed E-state index contributed by atoms with van der Waals surface area (Å²) < 4.78 is 5.36. The first-order valence-corrected chi connectivity index (χ1v) is 6.22. The molecule has 0 saturated heterocycles. The van der Waals surface area contributed by atoms with E-state index in [1.54, 1.807) is 11.9 Å². The topological polar surface area (TPSA) is 83.3 Å². The number of aromatic nitrogens is 2. The molecule has 18 heavy (non-hydrogen) atoms. The first kappa shape index (κ1) is 12.8. The highest BCUT2D eigenvalue weighted by Gasteiger charge is 2.21. The fourth-order valence-electron chi connectivity index (χ4n) is 1.38. The molecule has 1 saturated carbocycles. The Labute approximate surface area is 106 Å². The Morgan fingerprint density at radius 2 is 2.28 bits per heavy atom. The van der Waals surface area contributed by atoms with Crippen LogP contribution in [0.5, 0.6) is 0 Å². The maximum Gasteiger partial charge on any atom is 0.315 e. The van der Waals surface area contributed by atoms with Crippen molar-refractivity contribution in [3.8, 4) is 0 Å². The van der Waals surface area contributed by atoms with Crippen molar-refractivity contribution in [2.45, 2.75) is 32.4 Å². The number of amides is 1. The zero-order chi connectivity index (χ0) is 13.0. The number of carbonyl (C=O) groups excluding carboxylic acids is 1. The van der Waals surface area contributed by atoms with E-state index < -0.39 is 0 Å². The SMILES string of the molecule is CCN(C)C(=O)CNc1nnc(CNC2CC2)o1. The number of nitrogens with zero attached hydrogens (tertiary/aromatic N) is 3. The first-order chi connectivity index (χ1) is 8.69. The molecule has 7 nitrogen and oxygen atoms in total. The van der Waals surface area contributed by atoms with Crippen LogP contribution in [0.2, 0.25) is 0 Å². The number of carbonyl (C=O) groups is 1. The monoisotopic (exact) mass is 253 g/mol. The van der Waals surface area contributed by atoms with Crippen LogP contribution in [0.25, 0.3) is 0 Å². The Morgan fingerprint density at radius 3 is 2.94 bits per heavy atom. The van der Waals surface area contributed by atoms with Crippen molar-refractivity contribution in [3.05, 3.63) is 5.89 Å². The zero-order valence-electron chi connectivity index (χ0n) is 10.8. The van der Waals surface area contributed by atoms with Crippen molar-refractivity contribution >= 4 is 11.9 Å². The summed E-state index contributed by atoms with van der Waals surface area (Å²) in [5, 5.41) is 13.8. The average Bonchev–Trinajstić information content (AvgIpc) is 3.11. The van der Waals surface area contributed by atoms with Crippen LogP contribution in [0, 0.1) is 0 Å². The molecule has 1 fully saturated rings. The van der Waals surface area contributed by atoms with Crippen LogP contribution in [-0.4, -0.2) is 47.2 Å². The minimum atomic E-state index is -0.00615. The van der Waals surface area contributed by atoms with Gasteiger partial charge in [-0.2, -0.15) is 0 Å². The van der Waals surface area contributed by atoms with E-state index in [0.29, 0.717) is 31.0 Å². The predicted molar refractivity (Wildman–Crippen MR) is 66.0 cm³/mol. The maximum absolute atomic E-state index is 11.5. The van der Waals surface area contributed by atoms with Gasteiger partial charge in [0.15, 0.2) is 0 Å². The van der Waals surface area contributed by atoms with Crippen molar-refractivity contribution in [2.24, 2.45) is 0 Å². The van der Waals surface area contributed by atoms with Gasteiger partial charge in [-0.15, -0.1) is 5.10 Å². The molecule has 0 unspecified atom stereocenters. The van der Waals surface area contributed by atoms with E-state index in [4.69, 9.17) is 4.42 Å². The quantitative estimate of drug-likeness (QED) is 0.723. The Balaban J connectivity index is 1.73. The van der Waals surface area contributed by atoms with Crippen LogP contribution in [0.4, 0.5) is 6.01 Å². The lowest BCUT2D eigenvalue weighted by atomic mass is 10.5. The van der Waals surface area contributed by atoms with Gasteiger partial charge in [0.1, 0.15) is 0 Å². The fourth-order valence-corrected chi connectivity index (χ4v) is 1.38. The van der Waals surface area contributed by atoms with E-state index in [1.165, 1.54) is 12.8 Å². The number of anilines is 1. The number of likely N-dealkylation sites (N-methyl/N-ethyl adjacent to an activating group) is 1. The second kappa shape index (κ2) is 5.81. The summed E-state index contributed by atoms with van der Waals surface area (Å²) in [5.74, 6) is 0.536. The summed E-state index contributed by atoms with van der Waals surface area (Å²) in [4.78, 5) is 13.2. The number of rotatable bonds is 7. The van der Waals surface area contributed by atoms with Gasteiger partial charge in [0, 0.05) is 19.6 Å². The molecule has 0 atom stereocenters. The second-order valence-electron chi connectivity index (χ2n) is 4.42. The molecule has 1 aromatic rings. The third-order valence-electron chi connectivity index (χ3n) is 2.88. The fraction of sp³-hybridized carbons (Fsp3) is 0.727. The van der Waals surface area contributed by atoms with Gasteiger partial charge in [0.05, 0.1) is 13.1 Å². The summed E-state index contributed by atoms with van der Waals surface area (Å²) in [6.07, 6.45) is 2.44. The predicted octanol–water partition coefficient (Wildman–Crippen LogP) is 0.212. The Morgan fingerprint density at radius 1 is 1.50 bits per heavy atom. The van der Waals surface area contributed by atoms with E-state index in [-0.39, 0.29) is 12.5 Å². The van der Waals surface area contributed by atoms with E-state index in [1.807, 2.05) is 6.92 Å². The van der Waals surface area contributed by atoms with E-state index >= 15 is 0 Å². The molecule has 0 bridgehead atoms. The van der Waals surface area contributed by atoms with Gasteiger partial charge in [-0.3, -0.25) is 4.79 Å². The van der Waals surface area contributed by atoms with Crippen molar-refractivity contribution in [3.63, 3.8) is 0 Å². The Kier molecular flexibility index (Phi) is 4.14. The van der Waals surface area contributed by atoms with Crippen LogP contribution >= 0.6 is 0 Å². The van der Waals surface area contributed by atoms with Crippen LogP contribution in [0.3, 0.4) is 0 Å². The standard InChI is InChI=1S/C11H19N5O2/c1-3-16(2)10(17)7-13-11-15-14-9(18-11)6-12-8-4-5-8/h8,12H,3-7H2,1-2H3,(H,13,15).